The lowest BCUT2D eigenvalue weighted by Gasteiger charge is -2.31. The van der Waals surface area contributed by atoms with Gasteiger partial charge in [0, 0.05) is 30.4 Å². The molecule has 7 rings (SSSR count). The number of anilines is 1. The zero-order valence-electron chi connectivity index (χ0n) is 25.3. The summed E-state index contributed by atoms with van der Waals surface area (Å²) in [5.74, 6) is 0.833. The maximum absolute atomic E-state index is 13.9. The molecule has 1 aromatic heterocycles. The Morgan fingerprint density at radius 2 is 1.73 bits per heavy atom. The molecule has 2 aliphatic heterocycles. The van der Waals surface area contributed by atoms with Crippen LogP contribution in [0.25, 0.3) is 0 Å². The molecule has 0 spiro atoms. The summed E-state index contributed by atoms with van der Waals surface area (Å²) in [5, 5.41) is 12.4. The van der Waals surface area contributed by atoms with Gasteiger partial charge in [-0.3, -0.25) is 14.3 Å². The number of halogens is 3. The van der Waals surface area contributed by atoms with Crippen LogP contribution in [0.15, 0.2) is 30.5 Å². The van der Waals surface area contributed by atoms with Crippen molar-refractivity contribution in [1.82, 2.24) is 25.3 Å². The van der Waals surface area contributed by atoms with E-state index in [4.69, 9.17) is 4.74 Å². The van der Waals surface area contributed by atoms with Gasteiger partial charge in [0.1, 0.15) is 29.6 Å². The van der Waals surface area contributed by atoms with Crippen LogP contribution in [0, 0.1) is 23.7 Å². The van der Waals surface area contributed by atoms with Crippen molar-refractivity contribution in [1.29, 1.82) is 0 Å². The first-order valence-electron chi connectivity index (χ1n) is 16.1. The molecule has 2 unspecified atom stereocenters. The minimum absolute atomic E-state index is 0.0173. The van der Waals surface area contributed by atoms with Gasteiger partial charge in [-0.15, -0.1) is 0 Å². The second-order valence-electron chi connectivity index (χ2n) is 13.7. The molecule has 3 saturated carbocycles. The number of carbonyl (C=O) groups is 3. The minimum atomic E-state index is -4.52. The molecule has 4 atom stereocenters. The quantitative estimate of drug-likeness (QED) is 0.334. The van der Waals surface area contributed by atoms with Gasteiger partial charge >= 0.3 is 12.2 Å². The van der Waals surface area contributed by atoms with Crippen LogP contribution in [0.5, 0.6) is 5.75 Å². The number of nitrogens with zero attached hydrogens (tertiary/aromatic N) is 3. The Bertz CT molecular complexity index is 1470. The third kappa shape index (κ3) is 6.09. The topological polar surface area (TPSA) is 118 Å². The largest absolute Gasteiger partial charge is 0.488 e. The fourth-order valence-corrected chi connectivity index (χ4v) is 7.29. The zero-order chi connectivity index (χ0) is 31.6. The fourth-order valence-electron chi connectivity index (χ4n) is 7.29. The van der Waals surface area contributed by atoms with Gasteiger partial charge in [-0.05, 0) is 93.7 Å². The van der Waals surface area contributed by atoms with E-state index in [-0.39, 0.29) is 29.7 Å². The third-order valence-corrected chi connectivity index (χ3v) is 9.89. The molecule has 3 N–H and O–H groups in total. The lowest BCUT2D eigenvalue weighted by molar-refractivity contribution is -0.150. The molecule has 242 valence electrons. The van der Waals surface area contributed by atoms with E-state index in [0.29, 0.717) is 35.4 Å². The third-order valence-electron chi connectivity index (χ3n) is 9.89. The minimum Gasteiger partial charge on any atom is -0.488 e. The SMILES string of the molecule is CC(C)n1nccc1C(=O)N[C@H](C(=O)Nc1ccc2c(c1)OC(C(C1CC1)N1C[C@@H](C(F)(F)F)NC1=O)C2)C(C1CC1)C1CC1. The first-order valence-corrected chi connectivity index (χ1v) is 16.1. The highest BCUT2D eigenvalue weighted by atomic mass is 19.4. The Kier molecular flexibility index (Phi) is 7.47. The van der Waals surface area contributed by atoms with Crippen LogP contribution in [0.1, 0.15) is 74.5 Å². The van der Waals surface area contributed by atoms with Crippen LogP contribution in [-0.2, 0) is 11.2 Å². The van der Waals surface area contributed by atoms with Crippen molar-refractivity contribution in [2.75, 3.05) is 11.9 Å². The fraction of sp³-hybridized carbons (Fsp3) is 0.625. The van der Waals surface area contributed by atoms with Gasteiger partial charge < -0.3 is 25.6 Å². The van der Waals surface area contributed by atoms with E-state index in [0.717, 1.165) is 44.1 Å². The van der Waals surface area contributed by atoms with Crippen molar-refractivity contribution >= 4 is 23.5 Å². The van der Waals surface area contributed by atoms with Crippen LogP contribution >= 0.6 is 0 Å². The van der Waals surface area contributed by atoms with Crippen LogP contribution in [-0.4, -0.2) is 69.5 Å². The lowest BCUT2D eigenvalue weighted by Crippen LogP contribution is -2.50. The summed E-state index contributed by atoms with van der Waals surface area (Å²) in [6.45, 7) is 3.45. The molecule has 45 heavy (non-hydrogen) atoms. The molecule has 3 heterocycles. The Hall–Kier alpha value is -3.77. The lowest BCUT2D eigenvalue weighted by atomic mass is 9.88. The monoisotopic (exact) mass is 628 g/mol. The van der Waals surface area contributed by atoms with Crippen LogP contribution in [0.2, 0.25) is 0 Å². The summed E-state index contributed by atoms with van der Waals surface area (Å²) in [5.41, 5.74) is 1.79. The number of hydrogen-bond donors (Lipinski definition) is 3. The Morgan fingerprint density at radius 3 is 2.33 bits per heavy atom. The highest BCUT2D eigenvalue weighted by Crippen LogP contribution is 2.51. The van der Waals surface area contributed by atoms with Gasteiger partial charge in [-0.1, -0.05) is 6.07 Å². The van der Waals surface area contributed by atoms with Crippen molar-refractivity contribution in [3.63, 3.8) is 0 Å². The number of aromatic nitrogens is 2. The number of benzene rings is 1. The van der Waals surface area contributed by atoms with Gasteiger partial charge in [0.25, 0.3) is 5.91 Å². The summed E-state index contributed by atoms with van der Waals surface area (Å²) in [7, 11) is 0. The van der Waals surface area contributed by atoms with Gasteiger partial charge in [-0.2, -0.15) is 18.3 Å². The van der Waals surface area contributed by atoms with Gasteiger partial charge in [-0.25, -0.2) is 4.79 Å². The predicted octanol–water partition coefficient (Wildman–Crippen LogP) is 4.68. The number of ether oxygens (including phenoxy) is 1. The van der Waals surface area contributed by atoms with E-state index in [1.807, 2.05) is 19.9 Å². The molecule has 0 radical (unpaired) electrons. The maximum atomic E-state index is 13.9. The highest BCUT2D eigenvalue weighted by molar-refractivity contribution is 6.01. The van der Waals surface area contributed by atoms with Crippen molar-refractivity contribution in [2.45, 2.75) is 95.2 Å². The van der Waals surface area contributed by atoms with Crippen LogP contribution in [0.3, 0.4) is 0 Å². The van der Waals surface area contributed by atoms with E-state index in [9.17, 15) is 27.6 Å². The Balaban J connectivity index is 1.07. The second kappa shape index (κ2) is 11.2. The number of urea groups is 1. The summed E-state index contributed by atoms with van der Waals surface area (Å²) >= 11 is 0. The molecule has 2 aromatic rings. The number of alkyl halides is 3. The van der Waals surface area contributed by atoms with Gasteiger partial charge in [0.15, 0.2) is 0 Å². The van der Waals surface area contributed by atoms with Gasteiger partial charge in [0.05, 0.1) is 12.6 Å². The summed E-state index contributed by atoms with van der Waals surface area (Å²) in [4.78, 5) is 41.3. The number of carbonyl (C=O) groups excluding carboxylic acids is 3. The molecule has 5 aliphatic rings. The smallest absolute Gasteiger partial charge is 0.410 e. The molecule has 1 saturated heterocycles. The summed E-state index contributed by atoms with van der Waals surface area (Å²) < 4.78 is 48.1. The van der Waals surface area contributed by atoms with Crippen LogP contribution < -0.4 is 20.7 Å². The van der Waals surface area contributed by atoms with E-state index in [1.54, 1.807) is 29.1 Å². The molecule has 10 nitrogen and oxygen atoms in total. The molecule has 0 bridgehead atoms. The van der Waals surface area contributed by atoms with Crippen molar-refractivity contribution in [3.8, 4) is 5.75 Å². The average Bonchev–Trinajstić information content (AvgIpc) is 3.93. The molecule has 4 fully saturated rings. The first kappa shape index (κ1) is 29.9. The molecule has 1 aromatic carbocycles. The van der Waals surface area contributed by atoms with Gasteiger partial charge in [0.2, 0.25) is 5.91 Å². The summed E-state index contributed by atoms with van der Waals surface area (Å²) in [6.07, 6.45) is 2.87. The average molecular weight is 629 g/mol. The van der Waals surface area contributed by atoms with Crippen LogP contribution in [0.4, 0.5) is 23.7 Å². The molecular formula is C32H39F3N6O4. The second-order valence-corrected chi connectivity index (χ2v) is 13.7. The normalized spacial score (nSPS) is 24.3. The molecular weight excluding hydrogens is 589 g/mol. The van der Waals surface area contributed by atoms with E-state index < -0.39 is 43.0 Å². The number of rotatable bonds is 11. The van der Waals surface area contributed by atoms with E-state index >= 15 is 0 Å². The standard InChI is InChI=1S/C32H39F3N6O4/c1-16(2)41-22(11-12-36-41)29(42)39-27(26(17-3-4-17)18-5-6-18)30(43)37-21-10-9-20-13-24(45-23(20)14-21)28(19-7-8-19)40-15-25(32(33,34)35)38-31(40)44/h9-12,14,16-19,24-28H,3-8,13,15H2,1-2H3,(H,37,43)(H,38,44)(H,39,42)/t24?,25-,27-,28?/m0/s1. The van der Waals surface area contributed by atoms with Crippen molar-refractivity contribution in [2.24, 2.45) is 23.7 Å². The van der Waals surface area contributed by atoms with E-state index in [2.05, 4.69) is 21.0 Å². The van der Waals surface area contributed by atoms with Crippen molar-refractivity contribution in [3.05, 3.63) is 41.7 Å². The molecule has 3 aliphatic carbocycles. The highest BCUT2D eigenvalue weighted by Gasteiger charge is 2.53. The number of hydrogen-bond acceptors (Lipinski definition) is 5. The molecule has 13 heteroatoms. The number of fused-ring (bicyclic) bond motifs is 1. The predicted molar refractivity (Wildman–Crippen MR) is 158 cm³/mol. The number of nitrogens with one attached hydrogen (secondary N) is 3. The summed E-state index contributed by atoms with van der Waals surface area (Å²) in [6, 6.07) is 3.21. The first-order chi connectivity index (χ1) is 21.5. The Labute approximate surface area is 259 Å². The van der Waals surface area contributed by atoms with Crippen molar-refractivity contribution < 1.29 is 32.3 Å². The zero-order valence-corrected chi connectivity index (χ0v) is 25.3. The maximum Gasteiger partial charge on any atom is 0.410 e. The number of amides is 4. The molecule has 4 amide bonds. The van der Waals surface area contributed by atoms with E-state index in [1.165, 1.54) is 4.90 Å². The Morgan fingerprint density at radius 1 is 1.04 bits per heavy atom.